The van der Waals surface area contributed by atoms with Crippen LogP contribution in [0.2, 0.25) is 0 Å². The Morgan fingerprint density at radius 2 is 1.78 bits per heavy atom. The number of fused-ring (bicyclic) bond motifs is 3. The van der Waals surface area contributed by atoms with Crippen LogP contribution in [0.5, 0.6) is 0 Å². The zero-order chi connectivity index (χ0) is 19.0. The fourth-order valence-corrected chi connectivity index (χ4v) is 3.36. The summed E-state index contributed by atoms with van der Waals surface area (Å²) in [6.45, 7) is 6.94. The molecular formula is C22H24N4O. The van der Waals surface area contributed by atoms with E-state index in [1.807, 2.05) is 42.7 Å². The quantitative estimate of drug-likeness (QED) is 0.559. The number of nitrogens with zero attached hydrogens (tertiary/aromatic N) is 3. The number of hydrogen-bond acceptors (Lipinski definition) is 4. The van der Waals surface area contributed by atoms with Crippen molar-refractivity contribution in [1.82, 2.24) is 14.5 Å². The SMILES string of the molecule is CC(n1cnc2c(N)nc3ccccc3c21)C(C)(C)OCc1ccccc1. The number of nitrogens with two attached hydrogens (primary N) is 1. The number of aromatic nitrogens is 3. The first-order chi connectivity index (χ1) is 13.0. The van der Waals surface area contributed by atoms with Crippen molar-refractivity contribution in [3.05, 3.63) is 66.5 Å². The number of para-hydroxylation sites is 1. The summed E-state index contributed by atoms with van der Waals surface area (Å²) >= 11 is 0. The highest BCUT2D eigenvalue weighted by atomic mass is 16.5. The molecule has 2 N–H and O–H groups in total. The smallest absolute Gasteiger partial charge is 0.152 e. The topological polar surface area (TPSA) is 66.0 Å². The molecule has 0 saturated carbocycles. The summed E-state index contributed by atoms with van der Waals surface area (Å²) in [5.41, 5.74) is 9.53. The van der Waals surface area contributed by atoms with Crippen LogP contribution >= 0.6 is 0 Å². The van der Waals surface area contributed by atoms with Crippen molar-refractivity contribution in [3.63, 3.8) is 0 Å². The predicted octanol–water partition coefficient (Wildman–Crippen LogP) is 4.72. The predicted molar refractivity (Wildman–Crippen MR) is 109 cm³/mol. The number of rotatable bonds is 5. The Hall–Kier alpha value is -2.92. The summed E-state index contributed by atoms with van der Waals surface area (Å²) in [5, 5.41) is 1.05. The van der Waals surface area contributed by atoms with Crippen LogP contribution in [0, 0.1) is 0 Å². The molecule has 0 amide bonds. The summed E-state index contributed by atoms with van der Waals surface area (Å²) in [6, 6.07) is 18.3. The van der Waals surface area contributed by atoms with Crippen molar-refractivity contribution in [2.45, 2.75) is 39.0 Å². The van der Waals surface area contributed by atoms with Crippen LogP contribution in [0.1, 0.15) is 32.4 Å². The van der Waals surface area contributed by atoms with E-state index in [9.17, 15) is 0 Å². The van der Waals surface area contributed by atoms with Crippen LogP contribution in [0.4, 0.5) is 5.82 Å². The second kappa shape index (κ2) is 6.67. The van der Waals surface area contributed by atoms with Gasteiger partial charge in [0.05, 0.1) is 35.6 Å². The highest BCUT2D eigenvalue weighted by Gasteiger charge is 2.30. The van der Waals surface area contributed by atoms with Gasteiger partial charge in [-0.15, -0.1) is 0 Å². The zero-order valence-electron chi connectivity index (χ0n) is 15.9. The summed E-state index contributed by atoms with van der Waals surface area (Å²) in [7, 11) is 0. The van der Waals surface area contributed by atoms with Gasteiger partial charge in [0.25, 0.3) is 0 Å². The third-order valence-electron chi connectivity index (χ3n) is 5.31. The van der Waals surface area contributed by atoms with E-state index >= 15 is 0 Å². The van der Waals surface area contributed by atoms with Gasteiger partial charge in [-0.25, -0.2) is 9.97 Å². The molecule has 0 aliphatic carbocycles. The van der Waals surface area contributed by atoms with E-state index < -0.39 is 5.60 Å². The molecule has 0 saturated heterocycles. The Bertz CT molecular complexity index is 1090. The summed E-state index contributed by atoms with van der Waals surface area (Å²) < 4.78 is 8.45. The summed E-state index contributed by atoms with van der Waals surface area (Å²) in [4.78, 5) is 9.03. The van der Waals surface area contributed by atoms with E-state index in [-0.39, 0.29) is 6.04 Å². The Morgan fingerprint density at radius 3 is 2.56 bits per heavy atom. The monoisotopic (exact) mass is 360 g/mol. The molecule has 0 bridgehead atoms. The normalized spacial score (nSPS) is 13.3. The minimum Gasteiger partial charge on any atom is -0.382 e. The van der Waals surface area contributed by atoms with Gasteiger partial charge in [-0.2, -0.15) is 0 Å². The number of anilines is 1. The fourth-order valence-electron chi connectivity index (χ4n) is 3.36. The van der Waals surface area contributed by atoms with Crippen molar-refractivity contribution < 1.29 is 4.74 Å². The maximum atomic E-state index is 6.30. The Kier molecular flexibility index (Phi) is 4.32. The van der Waals surface area contributed by atoms with Crippen molar-refractivity contribution >= 4 is 27.8 Å². The minimum atomic E-state index is -0.400. The molecule has 1 atom stereocenters. The van der Waals surface area contributed by atoms with Crippen molar-refractivity contribution in [2.75, 3.05) is 5.73 Å². The standard InChI is InChI=1S/C22H24N4O/c1-15(22(2,3)27-13-16-9-5-4-6-10-16)26-14-24-19-20(26)17-11-7-8-12-18(17)25-21(19)23/h4-12,14-15H,13H2,1-3H3,(H2,23,25). The molecule has 0 radical (unpaired) electrons. The molecule has 4 rings (SSSR count). The molecular weight excluding hydrogens is 336 g/mol. The van der Waals surface area contributed by atoms with Crippen LogP contribution in [-0.4, -0.2) is 20.1 Å². The molecule has 27 heavy (non-hydrogen) atoms. The first-order valence-electron chi connectivity index (χ1n) is 9.16. The van der Waals surface area contributed by atoms with Crippen LogP contribution in [0.25, 0.3) is 21.9 Å². The summed E-state index contributed by atoms with van der Waals surface area (Å²) in [5.74, 6) is 0.456. The average Bonchev–Trinajstić information content (AvgIpc) is 3.13. The maximum Gasteiger partial charge on any atom is 0.152 e. The molecule has 0 aliphatic heterocycles. The number of ether oxygens (including phenoxy) is 1. The lowest BCUT2D eigenvalue weighted by Gasteiger charge is -2.33. The van der Waals surface area contributed by atoms with Gasteiger partial charge in [0, 0.05) is 5.39 Å². The largest absolute Gasteiger partial charge is 0.382 e. The molecule has 2 aromatic carbocycles. The molecule has 2 heterocycles. The number of nitrogen functional groups attached to an aromatic ring is 1. The maximum absolute atomic E-state index is 6.30. The summed E-state index contributed by atoms with van der Waals surface area (Å²) in [6.07, 6.45) is 1.84. The third kappa shape index (κ3) is 3.15. The van der Waals surface area contributed by atoms with Crippen LogP contribution in [0.15, 0.2) is 60.9 Å². The molecule has 5 heteroatoms. The van der Waals surface area contributed by atoms with E-state index in [1.54, 1.807) is 0 Å². The zero-order valence-corrected chi connectivity index (χ0v) is 15.9. The molecule has 0 fully saturated rings. The molecule has 5 nitrogen and oxygen atoms in total. The van der Waals surface area contributed by atoms with Crippen LogP contribution < -0.4 is 5.73 Å². The van der Waals surface area contributed by atoms with Crippen LogP contribution in [-0.2, 0) is 11.3 Å². The number of imidazole rings is 1. The number of pyridine rings is 1. The van der Waals surface area contributed by atoms with E-state index in [2.05, 4.69) is 53.5 Å². The lowest BCUT2D eigenvalue weighted by atomic mass is 9.99. The minimum absolute atomic E-state index is 0.0522. The Balaban J connectivity index is 1.72. The van der Waals surface area contributed by atoms with Gasteiger partial charge in [0.1, 0.15) is 5.52 Å². The van der Waals surface area contributed by atoms with Gasteiger partial charge >= 0.3 is 0 Å². The highest BCUT2D eigenvalue weighted by Crippen LogP contribution is 2.34. The van der Waals surface area contributed by atoms with Gasteiger partial charge in [-0.1, -0.05) is 48.5 Å². The average molecular weight is 360 g/mol. The van der Waals surface area contributed by atoms with Crippen LogP contribution in [0.3, 0.4) is 0 Å². The Labute approximate surface area is 158 Å². The lowest BCUT2D eigenvalue weighted by Crippen LogP contribution is -2.34. The first kappa shape index (κ1) is 17.5. The van der Waals surface area contributed by atoms with Gasteiger partial charge < -0.3 is 15.0 Å². The molecule has 4 aromatic rings. The highest BCUT2D eigenvalue weighted by molar-refractivity contribution is 6.06. The van der Waals surface area contributed by atoms with E-state index in [0.717, 1.165) is 27.5 Å². The third-order valence-corrected chi connectivity index (χ3v) is 5.31. The van der Waals surface area contributed by atoms with Gasteiger partial charge in [-0.3, -0.25) is 0 Å². The first-order valence-corrected chi connectivity index (χ1v) is 9.16. The van der Waals surface area contributed by atoms with E-state index in [0.29, 0.717) is 12.4 Å². The number of benzene rings is 2. The van der Waals surface area contributed by atoms with Crippen molar-refractivity contribution in [1.29, 1.82) is 0 Å². The van der Waals surface area contributed by atoms with E-state index in [1.165, 1.54) is 0 Å². The lowest BCUT2D eigenvalue weighted by molar-refractivity contribution is -0.0601. The molecule has 1 unspecified atom stereocenters. The molecule has 138 valence electrons. The van der Waals surface area contributed by atoms with Gasteiger partial charge in [-0.05, 0) is 32.4 Å². The molecule has 2 aromatic heterocycles. The van der Waals surface area contributed by atoms with Gasteiger partial charge in [0.2, 0.25) is 0 Å². The van der Waals surface area contributed by atoms with Crippen molar-refractivity contribution in [3.8, 4) is 0 Å². The van der Waals surface area contributed by atoms with E-state index in [4.69, 9.17) is 10.5 Å². The second-order valence-electron chi connectivity index (χ2n) is 7.42. The van der Waals surface area contributed by atoms with Crippen molar-refractivity contribution in [2.24, 2.45) is 0 Å². The molecule has 0 spiro atoms. The Morgan fingerprint density at radius 1 is 1.07 bits per heavy atom. The second-order valence-corrected chi connectivity index (χ2v) is 7.42. The molecule has 0 aliphatic rings. The van der Waals surface area contributed by atoms with Gasteiger partial charge in [0.15, 0.2) is 5.82 Å². The number of hydrogen-bond donors (Lipinski definition) is 1. The fraction of sp³-hybridized carbons (Fsp3) is 0.273.